The van der Waals surface area contributed by atoms with E-state index in [1.807, 2.05) is 24.3 Å². The summed E-state index contributed by atoms with van der Waals surface area (Å²) < 4.78 is 5.18. The van der Waals surface area contributed by atoms with Crippen LogP contribution in [0.15, 0.2) is 48.5 Å². The number of anilines is 1. The van der Waals surface area contributed by atoms with E-state index >= 15 is 0 Å². The smallest absolute Gasteiger partial charge is 0.319 e. The summed E-state index contributed by atoms with van der Waals surface area (Å²) in [5, 5.41) is 14.8. The van der Waals surface area contributed by atoms with Crippen molar-refractivity contribution >= 4 is 11.7 Å². The Balaban J connectivity index is 1.68. The molecule has 1 saturated carbocycles. The molecule has 2 aromatic carbocycles. The van der Waals surface area contributed by atoms with Gasteiger partial charge < -0.3 is 15.4 Å². The Morgan fingerprint density at radius 1 is 1.25 bits per heavy atom. The van der Waals surface area contributed by atoms with Crippen LogP contribution in [0.3, 0.4) is 0 Å². The fourth-order valence-corrected chi connectivity index (χ4v) is 2.69. The molecule has 1 aliphatic rings. The largest absolute Gasteiger partial charge is 0.497 e. The number of carbonyl (C=O) groups is 1. The van der Waals surface area contributed by atoms with Crippen LogP contribution in [0.1, 0.15) is 30.0 Å². The standard InChI is InChI=1S/C19H19N3O2/c1-24-17-9-7-15(8-10-17)18(14-5-6-14)22-19(23)21-16-4-2-3-13(11-16)12-20/h2-4,7-11,14,18H,5-6H2,1H3,(H2,21,22,23). The highest BCUT2D eigenvalue weighted by Gasteiger charge is 2.33. The lowest BCUT2D eigenvalue weighted by molar-refractivity contribution is 0.247. The molecule has 3 rings (SSSR count). The molecule has 0 aliphatic heterocycles. The third-order valence-electron chi connectivity index (χ3n) is 4.10. The minimum Gasteiger partial charge on any atom is -0.497 e. The maximum atomic E-state index is 12.3. The number of hydrogen-bond donors (Lipinski definition) is 2. The van der Waals surface area contributed by atoms with Gasteiger partial charge in [0.05, 0.1) is 24.8 Å². The number of methoxy groups -OCH3 is 1. The minimum atomic E-state index is -0.266. The lowest BCUT2D eigenvalue weighted by Gasteiger charge is -2.19. The van der Waals surface area contributed by atoms with Crippen molar-refractivity contribution in [1.82, 2.24) is 5.32 Å². The summed E-state index contributed by atoms with van der Waals surface area (Å²) in [5.41, 5.74) is 2.19. The molecule has 0 radical (unpaired) electrons. The van der Waals surface area contributed by atoms with Gasteiger partial charge in [-0.3, -0.25) is 0 Å². The zero-order valence-corrected chi connectivity index (χ0v) is 13.5. The van der Waals surface area contributed by atoms with Crippen LogP contribution in [-0.2, 0) is 0 Å². The van der Waals surface area contributed by atoms with Gasteiger partial charge in [0.15, 0.2) is 0 Å². The molecule has 0 aromatic heterocycles. The van der Waals surface area contributed by atoms with Crippen LogP contribution in [0.2, 0.25) is 0 Å². The predicted molar refractivity (Wildman–Crippen MR) is 91.8 cm³/mol. The maximum absolute atomic E-state index is 12.3. The molecule has 2 N–H and O–H groups in total. The van der Waals surface area contributed by atoms with E-state index in [4.69, 9.17) is 10.00 Å². The van der Waals surface area contributed by atoms with Gasteiger partial charge in [-0.15, -0.1) is 0 Å². The van der Waals surface area contributed by atoms with Gasteiger partial charge in [0.25, 0.3) is 0 Å². The van der Waals surface area contributed by atoms with Crippen LogP contribution in [0.4, 0.5) is 10.5 Å². The van der Waals surface area contributed by atoms with E-state index < -0.39 is 0 Å². The molecule has 1 unspecified atom stereocenters. The number of nitriles is 1. The van der Waals surface area contributed by atoms with Gasteiger partial charge >= 0.3 is 6.03 Å². The molecule has 24 heavy (non-hydrogen) atoms. The number of carbonyl (C=O) groups excluding carboxylic acids is 1. The van der Waals surface area contributed by atoms with Crippen molar-refractivity contribution in [1.29, 1.82) is 5.26 Å². The number of amides is 2. The van der Waals surface area contributed by atoms with Crippen molar-refractivity contribution in [3.63, 3.8) is 0 Å². The Bertz CT molecular complexity index is 761. The molecular weight excluding hydrogens is 302 g/mol. The molecule has 1 fully saturated rings. The summed E-state index contributed by atoms with van der Waals surface area (Å²) in [5.74, 6) is 1.26. The van der Waals surface area contributed by atoms with Gasteiger partial charge in [0.2, 0.25) is 0 Å². The average Bonchev–Trinajstić information content (AvgIpc) is 3.45. The second kappa shape index (κ2) is 7.05. The highest BCUT2D eigenvalue weighted by Crippen LogP contribution is 2.41. The maximum Gasteiger partial charge on any atom is 0.319 e. The summed E-state index contributed by atoms with van der Waals surface area (Å²) in [4.78, 5) is 12.3. The third kappa shape index (κ3) is 3.85. The minimum absolute atomic E-state index is 0.0185. The Morgan fingerprint density at radius 2 is 2.00 bits per heavy atom. The first-order valence-electron chi connectivity index (χ1n) is 7.91. The van der Waals surface area contributed by atoms with Crippen LogP contribution in [0.25, 0.3) is 0 Å². The van der Waals surface area contributed by atoms with E-state index in [-0.39, 0.29) is 12.1 Å². The van der Waals surface area contributed by atoms with Crippen molar-refractivity contribution < 1.29 is 9.53 Å². The zero-order chi connectivity index (χ0) is 16.9. The van der Waals surface area contributed by atoms with E-state index in [1.165, 1.54) is 0 Å². The van der Waals surface area contributed by atoms with E-state index in [2.05, 4.69) is 16.7 Å². The van der Waals surface area contributed by atoms with Crippen molar-refractivity contribution in [3.8, 4) is 11.8 Å². The summed E-state index contributed by atoms with van der Waals surface area (Å²) in [6, 6.07) is 16.4. The van der Waals surface area contributed by atoms with Crippen LogP contribution in [0.5, 0.6) is 5.75 Å². The number of ether oxygens (including phenoxy) is 1. The normalized spacial score (nSPS) is 14.3. The number of nitrogens with zero attached hydrogens (tertiary/aromatic N) is 1. The fourth-order valence-electron chi connectivity index (χ4n) is 2.69. The molecule has 0 spiro atoms. The molecule has 0 bridgehead atoms. The van der Waals surface area contributed by atoms with Crippen LogP contribution < -0.4 is 15.4 Å². The first-order valence-corrected chi connectivity index (χ1v) is 7.91. The predicted octanol–water partition coefficient (Wildman–Crippen LogP) is 3.84. The number of benzene rings is 2. The van der Waals surface area contributed by atoms with E-state index in [0.29, 0.717) is 17.2 Å². The van der Waals surface area contributed by atoms with E-state index in [1.54, 1.807) is 31.4 Å². The van der Waals surface area contributed by atoms with Crippen LogP contribution in [-0.4, -0.2) is 13.1 Å². The lowest BCUT2D eigenvalue weighted by atomic mass is 10.0. The van der Waals surface area contributed by atoms with Crippen LogP contribution in [0, 0.1) is 17.2 Å². The second-order valence-corrected chi connectivity index (χ2v) is 5.88. The number of hydrogen-bond acceptors (Lipinski definition) is 3. The third-order valence-corrected chi connectivity index (χ3v) is 4.10. The Morgan fingerprint density at radius 3 is 2.62 bits per heavy atom. The molecule has 2 aromatic rings. The van der Waals surface area contributed by atoms with Gasteiger partial charge in [-0.25, -0.2) is 4.79 Å². The molecule has 5 nitrogen and oxygen atoms in total. The zero-order valence-electron chi connectivity index (χ0n) is 13.5. The Labute approximate surface area is 141 Å². The van der Waals surface area contributed by atoms with E-state index in [0.717, 1.165) is 24.2 Å². The molecular formula is C19H19N3O2. The van der Waals surface area contributed by atoms with Gasteiger partial charge in [-0.1, -0.05) is 18.2 Å². The fraction of sp³-hybridized carbons (Fsp3) is 0.263. The first-order chi connectivity index (χ1) is 11.7. The molecule has 122 valence electrons. The summed E-state index contributed by atoms with van der Waals surface area (Å²) in [6.07, 6.45) is 2.22. The summed E-state index contributed by atoms with van der Waals surface area (Å²) in [7, 11) is 1.63. The average molecular weight is 321 g/mol. The topological polar surface area (TPSA) is 74.2 Å². The molecule has 0 saturated heterocycles. The highest BCUT2D eigenvalue weighted by atomic mass is 16.5. The number of urea groups is 1. The molecule has 1 atom stereocenters. The lowest BCUT2D eigenvalue weighted by Crippen LogP contribution is -2.33. The second-order valence-electron chi connectivity index (χ2n) is 5.88. The van der Waals surface area contributed by atoms with Crippen molar-refractivity contribution in [3.05, 3.63) is 59.7 Å². The van der Waals surface area contributed by atoms with Gasteiger partial charge in [0.1, 0.15) is 5.75 Å². The first kappa shape index (κ1) is 15.9. The SMILES string of the molecule is COc1ccc(C(NC(=O)Nc2cccc(C#N)c2)C2CC2)cc1. The Kier molecular flexibility index (Phi) is 4.66. The highest BCUT2D eigenvalue weighted by molar-refractivity contribution is 5.89. The molecule has 0 heterocycles. The number of nitrogens with one attached hydrogen (secondary N) is 2. The van der Waals surface area contributed by atoms with Gasteiger partial charge in [-0.05, 0) is 54.7 Å². The quantitative estimate of drug-likeness (QED) is 0.878. The number of rotatable bonds is 5. The van der Waals surface area contributed by atoms with Crippen molar-refractivity contribution in [2.45, 2.75) is 18.9 Å². The van der Waals surface area contributed by atoms with E-state index in [9.17, 15) is 4.79 Å². The summed E-state index contributed by atoms with van der Waals surface area (Å²) >= 11 is 0. The van der Waals surface area contributed by atoms with Crippen molar-refractivity contribution in [2.75, 3.05) is 12.4 Å². The van der Waals surface area contributed by atoms with Gasteiger partial charge in [-0.2, -0.15) is 5.26 Å². The Hall–Kier alpha value is -3.00. The van der Waals surface area contributed by atoms with Crippen molar-refractivity contribution in [2.24, 2.45) is 5.92 Å². The van der Waals surface area contributed by atoms with Gasteiger partial charge in [0, 0.05) is 5.69 Å². The molecule has 5 heteroatoms. The summed E-state index contributed by atoms with van der Waals surface area (Å²) in [6.45, 7) is 0. The van der Waals surface area contributed by atoms with Crippen LogP contribution >= 0.6 is 0 Å². The molecule has 2 amide bonds. The molecule has 1 aliphatic carbocycles. The monoisotopic (exact) mass is 321 g/mol.